The Morgan fingerprint density at radius 2 is 2.05 bits per heavy atom. The van der Waals surface area contributed by atoms with Crippen molar-refractivity contribution in [3.05, 3.63) is 42.5 Å². The molecule has 0 saturated heterocycles. The van der Waals surface area contributed by atoms with Crippen LogP contribution >= 0.6 is 43.2 Å². The lowest BCUT2D eigenvalue weighted by molar-refractivity contribution is 0.0702. The van der Waals surface area contributed by atoms with Gasteiger partial charge in [-0.1, -0.05) is 0 Å². The number of aryl methyl sites for hydroxylation is 1. The van der Waals surface area contributed by atoms with E-state index in [-0.39, 0.29) is 0 Å². The zero-order valence-corrected chi connectivity index (χ0v) is 15.4. The lowest BCUT2D eigenvalue weighted by Crippen LogP contribution is -2.01. The number of nitrogens with one attached hydrogen (secondary N) is 1. The van der Waals surface area contributed by atoms with Crippen LogP contribution < -0.4 is 10.1 Å². The molecule has 2 rings (SSSR count). The molecule has 0 aliphatic carbocycles. The highest BCUT2D eigenvalue weighted by Gasteiger charge is 2.12. The summed E-state index contributed by atoms with van der Waals surface area (Å²) in [4.78, 5) is 12.3. The molecule has 21 heavy (non-hydrogen) atoms. The SMILES string of the molecule is COc1cc(NCc2cc(C(=O)O)sc2C)c(Br)cc1Br. The minimum Gasteiger partial charge on any atom is -0.495 e. The quantitative estimate of drug-likeness (QED) is 0.702. The fourth-order valence-electron chi connectivity index (χ4n) is 1.81. The second-order valence-electron chi connectivity index (χ2n) is 4.32. The molecule has 1 heterocycles. The Labute approximate surface area is 143 Å². The van der Waals surface area contributed by atoms with Crippen LogP contribution in [0, 0.1) is 6.92 Å². The maximum atomic E-state index is 11.0. The van der Waals surface area contributed by atoms with Crippen LogP contribution in [-0.4, -0.2) is 18.2 Å². The molecule has 0 saturated carbocycles. The fraction of sp³-hybridized carbons (Fsp3) is 0.214. The summed E-state index contributed by atoms with van der Waals surface area (Å²) in [7, 11) is 1.61. The summed E-state index contributed by atoms with van der Waals surface area (Å²) >= 11 is 8.20. The minimum absolute atomic E-state index is 0.358. The molecular weight excluding hydrogens is 422 g/mol. The van der Waals surface area contributed by atoms with Gasteiger partial charge in [0.1, 0.15) is 10.6 Å². The zero-order valence-electron chi connectivity index (χ0n) is 11.4. The number of carbonyl (C=O) groups is 1. The van der Waals surface area contributed by atoms with Crippen molar-refractivity contribution in [3.63, 3.8) is 0 Å². The number of carboxylic acid groups (broad SMARTS) is 1. The number of halogens is 2. The molecule has 0 unspecified atom stereocenters. The van der Waals surface area contributed by atoms with Crippen molar-refractivity contribution in [2.24, 2.45) is 0 Å². The molecule has 0 bridgehead atoms. The van der Waals surface area contributed by atoms with Crippen LogP contribution in [0.5, 0.6) is 5.75 Å². The highest BCUT2D eigenvalue weighted by molar-refractivity contribution is 9.11. The Morgan fingerprint density at radius 3 is 2.62 bits per heavy atom. The van der Waals surface area contributed by atoms with E-state index in [9.17, 15) is 4.79 Å². The predicted molar refractivity (Wildman–Crippen MR) is 91.7 cm³/mol. The Morgan fingerprint density at radius 1 is 1.33 bits per heavy atom. The first-order chi connectivity index (χ1) is 9.92. The number of hydrogen-bond acceptors (Lipinski definition) is 4. The third-order valence-electron chi connectivity index (χ3n) is 2.94. The molecule has 1 aromatic carbocycles. The van der Waals surface area contributed by atoms with Gasteiger partial charge in [-0.15, -0.1) is 11.3 Å². The number of rotatable bonds is 5. The highest BCUT2D eigenvalue weighted by Crippen LogP contribution is 2.35. The van der Waals surface area contributed by atoms with Crippen LogP contribution in [0.4, 0.5) is 5.69 Å². The largest absolute Gasteiger partial charge is 0.495 e. The number of carboxylic acids is 1. The summed E-state index contributed by atoms with van der Waals surface area (Å²) in [5, 5.41) is 12.3. The first-order valence-corrected chi connectivity index (χ1v) is 8.42. The van der Waals surface area contributed by atoms with Crippen LogP contribution in [0.3, 0.4) is 0 Å². The van der Waals surface area contributed by atoms with Gasteiger partial charge in [0.05, 0.1) is 17.3 Å². The number of benzene rings is 1. The van der Waals surface area contributed by atoms with E-state index in [0.717, 1.165) is 30.8 Å². The van der Waals surface area contributed by atoms with Gasteiger partial charge < -0.3 is 15.2 Å². The average Bonchev–Trinajstić information content (AvgIpc) is 2.79. The van der Waals surface area contributed by atoms with Crippen molar-refractivity contribution in [2.75, 3.05) is 12.4 Å². The van der Waals surface area contributed by atoms with Gasteiger partial charge >= 0.3 is 5.97 Å². The van der Waals surface area contributed by atoms with Crippen molar-refractivity contribution >= 4 is 54.9 Å². The van der Waals surface area contributed by atoms with Gasteiger partial charge in [0.25, 0.3) is 0 Å². The number of thiophene rings is 1. The summed E-state index contributed by atoms with van der Waals surface area (Å²) < 4.78 is 7.04. The second kappa shape index (κ2) is 6.81. The van der Waals surface area contributed by atoms with E-state index >= 15 is 0 Å². The number of hydrogen-bond donors (Lipinski definition) is 2. The first kappa shape index (κ1) is 16.3. The van der Waals surface area contributed by atoms with E-state index in [1.165, 1.54) is 11.3 Å². The normalized spacial score (nSPS) is 10.5. The topological polar surface area (TPSA) is 58.6 Å². The van der Waals surface area contributed by atoms with Crippen LogP contribution in [0.1, 0.15) is 20.1 Å². The first-order valence-electron chi connectivity index (χ1n) is 6.02. The van der Waals surface area contributed by atoms with Crippen molar-refractivity contribution < 1.29 is 14.6 Å². The van der Waals surface area contributed by atoms with Crippen LogP contribution in [0.2, 0.25) is 0 Å². The Balaban J connectivity index is 2.18. The monoisotopic (exact) mass is 433 g/mol. The molecule has 0 aliphatic heterocycles. The van der Waals surface area contributed by atoms with Crippen LogP contribution in [0.15, 0.2) is 27.1 Å². The molecular formula is C14H13Br2NO3S. The second-order valence-corrected chi connectivity index (χ2v) is 7.28. The predicted octanol–water partition coefficient (Wildman–Crippen LogP) is 4.90. The summed E-state index contributed by atoms with van der Waals surface area (Å²) in [6, 6.07) is 5.50. The average molecular weight is 435 g/mol. The number of methoxy groups -OCH3 is 1. The molecule has 4 nitrogen and oxygen atoms in total. The van der Waals surface area contributed by atoms with E-state index in [1.54, 1.807) is 13.2 Å². The van der Waals surface area contributed by atoms with Gasteiger partial charge in [0, 0.05) is 22.0 Å². The van der Waals surface area contributed by atoms with E-state index < -0.39 is 5.97 Å². The number of aromatic carboxylic acids is 1. The summed E-state index contributed by atoms with van der Waals surface area (Å²) in [5.74, 6) is -0.158. The lowest BCUT2D eigenvalue weighted by Gasteiger charge is -2.11. The van der Waals surface area contributed by atoms with Gasteiger partial charge in [-0.25, -0.2) is 4.79 Å². The van der Waals surface area contributed by atoms with Crippen molar-refractivity contribution in [2.45, 2.75) is 13.5 Å². The number of ether oxygens (including phenoxy) is 1. The van der Waals surface area contributed by atoms with Gasteiger partial charge in [-0.05, 0) is 56.5 Å². The summed E-state index contributed by atoms with van der Waals surface area (Å²) in [6.45, 7) is 2.48. The molecule has 0 atom stereocenters. The molecule has 1 aromatic heterocycles. The maximum absolute atomic E-state index is 11.0. The zero-order chi connectivity index (χ0) is 15.6. The summed E-state index contributed by atoms with van der Waals surface area (Å²) in [5.41, 5.74) is 1.86. The third kappa shape index (κ3) is 3.78. The van der Waals surface area contributed by atoms with Crippen molar-refractivity contribution in [3.8, 4) is 5.75 Å². The molecule has 2 aromatic rings. The molecule has 2 N–H and O–H groups in total. The molecule has 0 amide bonds. The third-order valence-corrected chi connectivity index (χ3v) is 5.30. The molecule has 7 heteroatoms. The maximum Gasteiger partial charge on any atom is 0.345 e. The van der Waals surface area contributed by atoms with E-state index in [2.05, 4.69) is 37.2 Å². The van der Waals surface area contributed by atoms with Gasteiger partial charge in [0.15, 0.2) is 0 Å². The fourth-order valence-corrected chi connectivity index (χ4v) is 3.99. The van der Waals surface area contributed by atoms with E-state index in [4.69, 9.17) is 9.84 Å². The molecule has 0 spiro atoms. The highest BCUT2D eigenvalue weighted by atomic mass is 79.9. The molecule has 112 valence electrons. The Bertz CT molecular complexity index is 685. The van der Waals surface area contributed by atoms with Gasteiger partial charge in [0.2, 0.25) is 0 Å². The van der Waals surface area contributed by atoms with E-state index in [0.29, 0.717) is 11.4 Å². The van der Waals surface area contributed by atoms with Crippen molar-refractivity contribution in [1.29, 1.82) is 0 Å². The standard InChI is InChI=1S/C14H13Br2NO3S/c1-7-8(3-13(21-7)14(18)19)6-17-11-5-12(20-2)10(16)4-9(11)15/h3-5,17H,6H2,1-2H3,(H,18,19). The summed E-state index contributed by atoms with van der Waals surface area (Å²) in [6.07, 6.45) is 0. The lowest BCUT2D eigenvalue weighted by atomic mass is 10.2. The molecule has 0 aliphatic rings. The van der Waals surface area contributed by atoms with Gasteiger partial charge in [-0.3, -0.25) is 0 Å². The number of anilines is 1. The Hall–Kier alpha value is -1.05. The molecule has 0 radical (unpaired) electrons. The minimum atomic E-state index is -0.888. The van der Waals surface area contributed by atoms with E-state index in [1.807, 2.05) is 19.1 Å². The van der Waals surface area contributed by atoms with Crippen molar-refractivity contribution in [1.82, 2.24) is 0 Å². The Kier molecular flexibility index (Phi) is 5.29. The van der Waals surface area contributed by atoms with Crippen LogP contribution in [0.25, 0.3) is 0 Å². The van der Waals surface area contributed by atoms with Gasteiger partial charge in [-0.2, -0.15) is 0 Å². The molecule has 0 fully saturated rings. The van der Waals surface area contributed by atoms with Crippen LogP contribution in [-0.2, 0) is 6.54 Å². The smallest absolute Gasteiger partial charge is 0.345 e.